The van der Waals surface area contributed by atoms with E-state index in [1.807, 2.05) is 31.2 Å². The van der Waals surface area contributed by atoms with E-state index in [1.165, 1.54) is 5.56 Å². The summed E-state index contributed by atoms with van der Waals surface area (Å²) in [6.07, 6.45) is 0.271. The topological polar surface area (TPSA) is 75.6 Å². The quantitative estimate of drug-likeness (QED) is 0.436. The molecule has 174 valence electrons. The van der Waals surface area contributed by atoms with Crippen molar-refractivity contribution in [3.8, 4) is 11.5 Å². The van der Waals surface area contributed by atoms with Gasteiger partial charge in [0.05, 0.1) is 34.0 Å². The van der Waals surface area contributed by atoms with Crippen molar-refractivity contribution in [3.05, 3.63) is 59.7 Å². The van der Waals surface area contributed by atoms with E-state index in [-0.39, 0.29) is 6.54 Å². The van der Waals surface area contributed by atoms with Crippen LogP contribution in [-0.4, -0.2) is 63.0 Å². The first-order valence-corrected chi connectivity index (χ1v) is 11.2. The average Bonchev–Trinajstić information content (AvgIpc) is 3.30. The second-order valence-corrected chi connectivity index (χ2v) is 7.92. The zero-order valence-electron chi connectivity index (χ0n) is 19.3. The van der Waals surface area contributed by atoms with Crippen LogP contribution in [0.4, 0.5) is 0 Å². The Morgan fingerprint density at radius 3 is 2.72 bits per heavy atom. The van der Waals surface area contributed by atoms with Crippen molar-refractivity contribution < 1.29 is 19.3 Å². The van der Waals surface area contributed by atoms with Gasteiger partial charge >= 0.3 is 0 Å². The van der Waals surface area contributed by atoms with Crippen LogP contribution in [0, 0.1) is 5.92 Å². The monoisotopic (exact) mass is 441 g/mol. The lowest BCUT2D eigenvalue weighted by Crippen LogP contribution is -2.40. The molecule has 1 aliphatic rings. The summed E-state index contributed by atoms with van der Waals surface area (Å²) in [4.78, 5) is 6.95. The minimum Gasteiger partial charge on any atom is -0.497 e. The minimum atomic E-state index is -0.790. The number of nitrogens with one attached hydrogen (secondary N) is 1. The van der Waals surface area contributed by atoms with Gasteiger partial charge in [-0.25, -0.2) is 0 Å². The third-order valence-corrected chi connectivity index (χ3v) is 5.60. The molecule has 7 heteroatoms. The highest BCUT2D eigenvalue weighted by molar-refractivity contribution is 5.80. The molecule has 2 N–H and O–H groups in total. The van der Waals surface area contributed by atoms with E-state index in [4.69, 9.17) is 19.2 Å². The van der Waals surface area contributed by atoms with E-state index >= 15 is 0 Å². The zero-order chi connectivity index (χ0) is 22.8. The Morgan fingerprint density at radius 2 is 2.00 bits per heavy atom. The highest BCUT2D eigenvalue weighted by Gasteiger charge is 2.25. The van der Waals surface area contributed by atoms with Crippen LogP contribution >= 0.6 is 0 Å². The van der Waals surface area contributed by atoms with Crippen molar-refractivity contribution in [3.63, 3.8) is 0 Å². The maximum atomic E-state index is 10.8. The summed E-state index contributed by atoms with van der Waals surface area (Å²) in [5.41, 5.74) is 1.86. The second-order valence-electron chi connectivity index (χ2n) is 7.92. The zero-order valence-corrected chi connectivity index (χ0v) is 19.3. The number of nitrogens with zero attached hydrogens (tertiary/aromatic N) is 2. The molecule has 2 aromatic carbocycles. The highest BCUT2D eigenvalue weighted by Crippen LogP contribution is 2.29. The molecule has 7 nitrogen and oxygen atoms in total. The maximum absolute atomic E-state index is 10.8. The fourth-order valence-corrected chi connectivity index (χ4v) is 3.88. The molecule has 0 aromatic heterocycles. The first-order chi connectivity index (χ1) is 15.6. The molecule has 0 radical (unpaired) electrons. The van der Waals surface area contributed by atoms with E-state index in [1.54, 1.807) is 26.4 Å². The van der Waals surface area contributed by atoms with E-state index in [9.17, 15) is 5.11 Å². The summed E-state index contributed by atoms with van der Waals surface area (Å²) in [7, 11) is 3.20. The number of ether oxygens (including phenoxy) is 3. The lowest BCUT2D eigenvalue weighted by Gasteiger charge is -2.22. The third kappa shape index (κ3) is 6.61. The average molecular weight is 442 g/mol. The van der Waals surface area contributed by atoms with Crippen molar-refractivity contribution in [1.82, 2.24) is 10.2 Å². The predicted octanol–water partition coefficient (Wildman–Crippen LogP) is 3.24. The first kappa shape index (κ1) is 23.9. The van der Waals surface area contributed by atoms with Crippen LogP contribution in [0.15, 0.2) is 53.5 Å². The number of guanidine groups is 1. The van der Waals surface area contributed by atoms with Gasteiger partial charge in [0.1, 0.15) is 17.6 Å². The molecule has 1 heterocycles. The van der Waals surface area contributed by atoms with Crippen LogP contribution < -0.4 is 14.8 Å². The molecular weight excluding hydrogens is 406 g/mol. The Hall–Kier alpha value is -2.77. The van der Waals surface area contributed by atoms with Gasteiger partial charge in [-0.05, 0) is 37.1 Å². The summed E-state index contributed by atoms with van der Waals surface area (Å²) in [5.74, 6) is 2.58. The molecule has 2 aromatic rings. The molecule has 0 aliphatic carbocycles. The van der Waals surface area contributed by atoms with Crippen molar-refractivity contribution in [2.24, 2.45) is 10.9 Å². The van der Waals surface area contributed by atoms with E-state index in [0.29, 0.717) is 29.6 Å². The smallest absolute Gasteiger partial charge is 0.194 e. The van der Waals surface area contributed by atoms with Gasteiger partial charge in [0.15, 0.2) is 5.96 Å². The number of aliphatic imine (C=N–C) groups is 1. The first-order valence-electron chi connectivity index (χ1n) is 11.2. The van der Waals surface area contributed by atoms with E-state index in [2.05, 4.69) is 22.3 Å². The number of rotatable bonds is 10. The van der Waals surface area contributed by atoms with E-state index < -0.39 is 6.10 Å². The van der Waals surface area contributed by atoms with Gasteiger partial charge in [-0.2, -0.15) is 0 Å². The summed E-state index contributed by atoms with van der Waals surface area (Å²) >= 11 is 0. The standard InChI is InChI=1S/C25H35N3O4/c1-4-26-25(27-15-23(29)22-14-21(30-2)10-11-24(22)31-3)28-13-12-20(16-28)18-32-17-19-8-6-5-7-9-19/h5-11,14,20,23,29H,4,12-13,15-18H2,1-3H3,(H,26,27). The van der Waals surface area contributed by atoms with Crippen LogP contribution in [0.5, 0.6) is 11.5 Å². The van der Waals surface area contributed by atoms with Crippen molar-refractivity contribution >= 4 is 5.96 Å². The third-order valence-electron chi connectivity index (χ3n) is 5.60. The number of aliphatic hydroxyl groups excluding tert-OH is 1. The van der Waals surface area contributed by atoms with Crippen molar-refractivity contribution in [2.45, 2.75) is 26.1 Å². The number of methoxy groups -OCH3 is 2. The second kappa shape index (κ2) is 12.3. The molecule has 1 saturated heterocycles. The Kier molecular flexibility index (Phi) is 9.19. The van der Waals surface area contributed by atoms with Gasteiger partial charge in [0.25, 0.3) is 0 Å². The van der Waals surface area contributed by atoms with Gasteiger partial charge in [0, 0.05) is 31.1 Å². The normalized spacial score (nSPS) is 17.3. The number of aliphatic hydroxyl groups is 1. The van der Waals surface area contributed by atoms with Gasteiger partial charge in [-0.1, -0.05) is 30.3 Å². The number of likely N-dealkylation sites (tertiary alicyclic amines) is 1. The fourth-order valence-electron chi connectivity index (χ4n) is 3.88. The van der Waals surface area contributed by atoms with Crippen LogP contribution in [0.2, 0.25) is 0 Å². The van der Waals surface area contributed by atoms with Crippen molar-refractivity contribution in [2.75, 3.05) is 47.0 Å². The van der Waals surface area contributed by atoms with Crippen LogP contribution in [-0.2, 0) is 11.3 Å². The highest BCUT2D eigenvalue weighted by atomic mass is 16.5. The fraction of sp³-hybridized carbons (Fsp3) is 0.480. The molecule has 0 amide bonds. The molecule has 1 aliphatic heterocycles. The minimum absolute atomic E-state index is 0.234. The molecule has 0 saturated carbocycles. The Morgan fingerprint density at radius 1 is 1.19 bits per heavy atom. The summed E-state index contributed by atoms with van der Waals surface area (Å²) in [5, 5.41) is 14.1. The predicted molar refractivity (Wildman–Crippen MR) is 126 cm³/mol. The molecule has 0 spiro atoms. The van der Waals surface area contributed by atoms with Crippen molar-refractivity contribution in [1.29, 1.82) is 0 Å². The Labute approximate surface area is 191 Å². The molecule has 2 atom stereocenters. The van der Waals surface area contributed by atoms with Crippen LogP contribution in [0.25, 0.3) is 0 Å². The van der Waals surface area contributed by atoms with Gasteiger partial charge in [0.2, 0.25) is 0 Å². The molecule has 2 unspecified atom stereocenters. The Balaban J connectivity index is 1.56. The number of hydrogen-bond acceptors (Lipinski definition) is 5. The lowest BCUT2D eigenvalue weighted by molar-refractivity contribution is 0.0906. The van der Waals surface area contributed by atoms with E-state index in [0.717, 1.165) is 38.6 Å². The molecule has 32 heavy (non-hydrogen) atoms. The summed E-state index contributed by atoms with van der Waals surface area (Å²) in [6.45, 7) is 6.23. The largest absolute Gasteiger partial charge is 0.497 e. The SMILES string of the molecule is CCNC(=NCC(O)c1cc(OC)ccc1OC)N1CCC(COCc2ccccc2)C1. The van der Waals surface area contributed by atoms with Crippen LogP contribution in [0.1, 0.15) is 30.6 Å². The number of hydrogen-bond donors (Lipinski definition) is 2. The summed E-state index contributed by atoms with van der Waals surface area (Å²) in [6, 6.07) is 15.6. The lowest BCUT2D eigenvalue weighted by atomic mass is 10.1. The molecule has 3 rings (SSSR count). The van der Waals surface area contributed by atoms with Gasteiger partial charge < -0.3 is 29.5 Å². The molecule has 0 bridgehead atoms. The van der Waals surface area contributed by atoms with Gasteiger partial charge in [-0.15, -0.1) is 0 Å². The van der Waals surface area contributed by atoms with Gasteiger partial charge in [-0.3, -0.25) is 4.99 Å². The summed E-state index contributed by atoms with van der Waals surface area (Å²) < 4.78 is 16.6. The molecular formula is C25H35N3O4. The maximum Gasteiger partial charge on any atom is 0.194 e. The van der Waals surface area contributed by atoms with Crippen LogP contribution in [0.3, 0.4) is 0 Å². The Bertz CT molecular complexity index is 860. The molecule has 1 fully saturated rings. The number of benzene rings is 2.